The lowest BCUT2D eigenvalue weighted by Crippen LogP contribution is -1.74. The van der Waals surface area contributed by atoms with E-state index in [0.717, 1.165) is 15.1 Å². The Morgan fingerprint density at radius 1 is 1.36 bits per heavy atom. The lowest BCUT2D eigenvalue weighted by atomic mass is 10.3. The number of benzene rings is 1. The fraction of sp³-hybridized carbons (Fsp3) is 0.111. The molecule has 0 atom stereocenters. The van der Waals surface area contributed by atoms with Crippen molar-refractivity contribution in [1.29, 1.82) is 0 Å². The zero-order chi connectivity index (χ0) is 9.97. The number of aromatic nitrogens is 2. The zero-order valence-electron chi connectivity index (χ0n) is 7.47. The lowest BCUT2D eigenvalue weighted by Gasteiger charge is -1.99. The Hall–Kier alpha value is -1.07. The molecule has 14 heavy (non-hydrogen) atoms. The Labute approximate surface area is 90.0 Å². The zero-order valence-corrected chi connectivity index (χ0v) is 9.10. The van der Waals surface area contributed by atoms with E-state index in [1.54, 1.807) is 12.1 Å². The van der Waals surface area contributed by atoms with E-state index in [4.69, 9.17) is 0 Å². The maximum atomic E-state index is 9.51. The number of hydrogen-bond acceptors (Lipinski definition) is 5. The van der Waals surface area contributed by atoms with Gasteiger partial charge in [-0.15, -0.1) is 0 Å². The largest absolute Gasteiger partial charge is 0.507 e. The standard InChI is InChI=1S/C9H8N2OS2/c1-6-10-9(14-11-6)13-8-5-3-2-4-7(8)12/h2-5,12H,1H3. The van der Waals surface area contributed by atoms with Gasteiger partial charge < -0.3 is 5.11 Å². The summed E-state index contributed by atoms with van der Waals surface area (Å²) in [7, 11) is 0. The van der Waals surface area contributed by atoms with Gasteiger partial charge in [0.25, 0.3) is 0 Å². The minimum absolute atomic E-state index is 0.283. The third-order valence-electron chi connectivity index (χ3n) is 1.57. The van der Waals surface area contributed by atoms with Gasteiger partial charge in [-0.25, -0.2) is 4.98 Å². The van der Waals surface area contributed by atoms with E-state index < -0.39 is 0 Å². The summed E-state index contributed by atoms with van der Waals surface area (Å²) in [6, 6.07) is 7.20. The van der Waals surface area contributed by atoms with E-state index in [2.05, 4.69) is 9.36 Å². The number of rotatable bonds is 2. The lowest BCUT2D eigenvalue weighted by molar-refractivity contribution is 0.462. The van der Waals surface area contributed by atoms with Gasteiger partial charge in [0.1, 0.15) is 11.6 Å². The van der Waals surface area contributed by atoms with Gasteiger partial charge in [0.2, 0.25) is 0 Å². The van der Waals surface area contributed by atoms with E-state index in [0.29, 0.717) is 0 Å². The molecule has 0 unspecified atom stereocenters. The van der Waals surface area contributed by atoms with Crippen LogP contribution in [-0.2, 0) is 0 Å². The van der Waals surface area contributed by atoms with Crippen LogP contribution in [0, 0.1) is 6.92 Å². The molecule has 0 radical (unpaired) electrons. The van der Waals surface area contributed by atoms with Crippen LogP contribution in [0.5, 0.6) is 5.75 Å². The third-order valence-corrected chi connectivity index (χ3v) is 3.48. The number of nitrogens with zero attached hydrogens (tertiary/aromatic N) is 2. The molecular formula is C9H8N2OS2. The van der Waals surface area contributed by atoms with Crippen molar-refractivity contribution < 1.29 is 5.11 Å². The first kappa shape index (κ1) is 9.48. The topological polar surface area (TPSA) is 46.0 Å². The molecule has 1 N–H and O–H groups in total. The summed E-state index contributed by atoms with van der Waals surface area (Å²) in [5, 5.41) is 9.51. The first-order valence-electron chi connectivity index (χ1n) is 4.02. The Balaban J connectivity index is 2.23. The predicted molar refractivity (Wildman–Crippen MR) is 56.9 cm³/mol. The minimum Gasteiger partial charge on any atom is -0.507 e. The van der Waals surface area contributed by atoms with Crippen molar-refractivity contribution in [3.8, 4) is 5.75 Å². The molecule has 0 saturated carbocycles. The molecule has 5 heteroatoms. The molecule has 0 bridgehead atoms. The van der Waals surface area contributed by atoms with Crippen molar-refractivity contribution in [2.24, 2.45) is 0 Å². The molecule has 0 aliphatic rings. The van der Waals surface area contributed by atoms with Crippen LogP contribution in [0.2, 0.25) is 0 Å². The summed E-state index contributed by atoms with van der Waals surface area (Å²) < 4.78 is 4.92. The van der Waals surface area contributed by atoms with Gasteiger partial charge in [-0.1, -0.05) is 23.9 Å². The highest BCUT2D eigenvalue weighted by atomic mass is 32.2. The second-order valence-electron chi connectivity index (χ2n) is 2.68. The normalized spacial score (nSPS) is 10.4. The van der Waals surface area contributed by atoms with Crippen LogP contribution in [0.25, 0.3) is 0 Å². The van der Waals surface area contributed by atoms with Crippen LogP contribution in [0.3, 0.4) is 0 Å². The fourth-order valence-electron chi connectivity index (χ4n) is 0.957. The van der Waals surface area contributed by atoms with E-state index in [9.17, 15) is 5.11 Å². The van der Waals surface area contributed by atoms with E-state index in [-0.39, 0.29) is 5.75 Å². The summed E-state index contributed by atoms with van der Waals surface area (Å²) >= 11 is 2.77. The van der Waals surface area contributed by atoms with Gasteiger partial charge in [-0.05, 0) is 30.6 Å². The number of phenolic OH excluding ortho intramolecular Hbond substituents is 1. The van der Waals surface area contributed by atoms with Crippen LogP contribution < -0.4 is 0 Å². The smallest absolute Gasteiger partial charge is 0.174 e. The predicted octanol–water partition coefficient (Wildman–Crippen LogP) is 2.70. The molecule has 1 aromatic carbocycles. The number of phenols is 1. The summed E-state index contributed by atoms with van der Waals surface area (Å²) in [6.07, 6.45) is 0. The van der Waals surface area contributed by atoms with Gasteiger partial charge in [-0.3, -0.25) is 0 Å². The summed E-state index contributed by atoms with van der Waals surface area (Å²) in [5.74, 6) is 1.05. The Morgan fingerprint density at radius 3 is 2.79 bits per heavy atom. The molecule has 1 heterocycles. The fourth-order valence-corrected chi connectivity index (χ4v) is 2.60. The van der Waals surface area contributed by atoms with Gasteiger partial charge in [0.15, 0.2) is 4.34 Å². The Morgan fingerprint density at radius 2 is 2.14 bits per heavy atom. The number of aromatic hydroxyl groups is 1. The van der Waals surface area contributed by atoms with Gasteiger partial charge in [0.05, 0.1) is 4.90 Å². The second-order valence-corrected chi connectivity index (χ2v) is 4.72. The molecule has 0 aliphatic carbocycles. The number of aryl methyl sites for hydroxylation is 1. The van der Waals surface area contributed by atoms with E-state index in [1.807, 2.05) is 19.1 Å². The summed E-state index contributed by atoms with van der Waals surface area (Å²) in [6.45, 7) is 1.85. The van der Waals surface area contributed by atoms with Crippen LogP contribution >= 0.6 is 23.3 Å². The minimum atomic E-state index is 0.283. The van der Waals surface area contributed by atoms with Crippen LogP contribution in [0.15, 0.2) is 33.5 Å². The Kier molecular flexibility index (Phi) is 2.69. The number of hydrogen-bond donors (Lipinski definition) is 1. The molecule has 2 aromatic rings. The van der Waals surface area contributed by atoms with Crippen molar-refractivity contribution in [1.82, 2.24) is 9.36 Å². The van der Waals surface area contributed by atoms with Crippen molar-refractivity contribution >= 4 is 23.3 Å². The summed E-state index contributed by atoms with van der Waals surface area (Å²) in [4.78, 5) is 5.02. The maximum Gasteiger partial charge on any atom is 0.174 e. The third kappa shape index (κ3) is 2.05. The molecule has 0 spiro atoms. The first-order valence-corrected chi connectivity index (χ1v) is 5.61. The van der Waals surface area contributed by atoms with Crippen LogP contribution in [0.1, 0.15) is 5.82 Å². The monoisotopic (exact) mass is 224 g/mol. The maximum absolute atomic E-state index is 9.51. The average Bonchev–Trinajstić information content (AvgIpc) is 2.56. The second kappa shape index (κ2) is 3.98. The quantitative estimate of drug-likeness (QED) is 0.852. The molecular weight excluding hydrogens is 216 g/mol. The van der Waals surface area contributed by atoms with Crippen LogP contribution in [-0.4, -0.2) is 14.5 Å². The highest BCUT2D eigenvalue weighted by Gasteiger charge is 2.05. The highest BCUT2D eigenvalue weighted by molar-refractivity contribution is 8.01. The van der Waals surface area contributed by atoms with Gasteiger partial charge in [-0.2, -0.15) is 4.37 Å². The first-order chi connectivity index (χ1) is 6.75. The van der Waals surface area contributed by atoms with Crippen molar-refractivity contribution in [3.05, 3.63) is 30.1 Å². The Bertz CT molecular complexity index is 442. The molecule has 1 aromatic heterocycles. The average molecular weight is 224 g/mol. The van der Waals surface area contributed by atoms with E-state index >= 15 is 0 Å². The van der Waals surface area contributed by atoms with Crippen LogP contribution in [0.4, 0.5) is 0 Å². The highest BCUT2D eigenvalue weighted by Crippen LogP contribution is 2.34. The molecule has 0 fully saturated rings. The molecule has 0 saturated heterocycles. The summed E-state index contributed by atoms with van der Waals surface area (Å²) in [5.41, 5.74) is 0. The molecule has 0 aliphatic heterocycles. The van der Waals surface area contributed by atoms with E-state index in [1.165, 1.54) is 23.3 Å². The van der Waals surface area contributed by atoms with Crippen molar-refractivity contribution in [2.75, 3.05) is 0 Å². The molecule has 0 amide bonds. The SMILES string of the molecule is Cc1nsc(Sc2ccccc2O)n1. The van der Waals surface area contributed by atoms with Crippen molar-refractivity contribution in [2.45, 2.75) is 16.2 Å². The molecule has 2 rings (SSSR count). The van der Waals surface area contributed by atoms with Crippen molar-refractivity contribution in [3.63, 3.8) is 0 Å². The number of para-hydroxylation sites is 1. The molecule has 3 nitrogen and oxygen atoms in total. The van der Waals surface area contributed by atoms with Gasteiger partial charge >= 0.3 is 0 Å². The van der Waals surface area contributed by atoms with Gasteiger partial charge in [0, 0.05) is 0 Å². The molecule has 72 valence electrons.